The SMILES string of the molecule is COCOc1cc2ccccc2cc1Cc1cc2ccccc2c(Cc2c(OC)c(Cc3cc4ccccc4cc3OCOC)cc3ccccc23)c1OC. The lowest BCUT2D eigenvalue weighted by atomic mass is 9.88. The number of benzene rings is 8. The minimum Gasteiger partial charge on any atom is -0.496 e. The van der Waals surface area contributed by atoms with E-state index >= 15 is 0 Å². The molecule has 6 nitrogen and oxygen atoms in total. The van der Waals surface area contributed by atoms with Crippen molar-refractivity contribution in [3.8, 4) is 23.0 Å². The van der Waals surface area contributed by atoms with Crippen LogP contribution in [0.1, 0.15) is 33.4 Å². The van der Waals surface area contributed by atoms with E-state index in [1.54, 1.807) is 28.4 Å². The van der Waals surface area contributed by atoms with Crippen LogP contribution in [0, 0.1) is 0 Å². The van der Waals surface area contributed by atoms with Crippen LogP contribution in [0.25, 0.3) is 43.1 Å². The van der Waals surface area contributed by atoms with Gasteiger partial charge in [-0.25, -0.2) is 0 Å². The summed E-state index contributed by atoms with van der Waals surface area (Å²) in [6.07, 6.45) is 1.80. The highest BCUT2D eigenvalue weighted by Crippen LogP contribution is 2.42. The average molecular weight is 729 g/mol. The molecule has 0 bridgehead atoms. The molecule has 0 fully saturated rings. The van der Waals surface area contributed by atoms with Crippen molar-refractivity contribution in [1.82, 2.24) is 0 Å². The van der Waals surface area contributed by atoms with Crippen LogP contribution in [-0.4, -0.2) is 42.0 Å². The van der Waals surface area contributed by atoms with E-state index in [1.807, 2.05) is 12.1 Å². The first-order valence-electron chi connectivity index (χ1n) is 18.5. The molecule has 8 aromatic rings. The van der Waals surface area contributed by atoms with Crippen LogP contribution in [0.3, 0.4) is 0 Å². The van der Waals surface area contributed by atoms with Gasteiger partial charge in [0.25, 0.3) is 0 Å². The van der Waals surface area contributed by atoms with Gasteiger partial charge in [-0.1, -0.05) is 97.1 Å². The number of rotatable bonds is 14. The second-order valence-electron chi connectivity index (χ2n) is 13.8. The Hall–Kier alpha value is -6.08. The van der Waals surface area contributed by atoms with Crippen LogP contribution in [0.5, 0.6) is 23.0 Å². The fourth-order valence-corrected chi connectivity index (χ4v) is 7.97. The fraction of sp³-hybridized carbons (Fsp3) is 0.184. The van der Waals surface area contributed by atoms with Crippen LogP contribution in [0.4, 0.5) is 0 Å². The zero-order valence-electron chi connectivity index (χ0n) is 31.7. The van der Waals surface area contributed by atoms with Crippen molar-refractivity contribution in [3.63, 3.8) is 0 Å². The molecule has 0 N–H and O–H groups in total. The van der Waals surface area contributed by atoms with E-state index < -0.39 is 0 Å². The van der Waals surface area contributed by atoms with Gasteiger partial charge in [0.15, 0.2) is 13.6 Å². The molecule has 0 aromatic heterocycles. The number of hydrogen-bond acceptors (Lipinski definition) is 6. The van der Waals surface area contributed by atoms with Gasteiger partial charge in [-0.15, -0.1) is 0 Å². The normalized spacial score (nSPS) is 11.4. The standard InChI is InChI=1S/C49H44O6/c1-50-30-54-46-27-34-15-7-5-13-32(34)21-38(46)25-40-23-36-17-9-11-19-42(36)44(48(40)52-3)29-45-43-20-12-10-18-37(43)24-41(49(45)53-4)26-39-22-33-14-6-8-16-35(33)28-47(39)55-31-51-2/h5-24,27-28H,25-26,29-31H2,1-4H3. The maximum atomic E-state index is 6.41. The molecule has 0 aliphatic rings. The summed E-state index contributed by atoms with van der Waals surface area (Å²) in [6.45, 7) is 0.321. The summed E-state index contributed by atoms with van der Waals surface area (Å²) < 4.78 is 35.8. The molecule has 0 saturated carbocycles. The van der Waals surface area contributed by atoms with Gasteiger partial charge in [0.05, 0.1) is 14.2 Å². The van der Waals surface area contributed by atoms with E-state index in [9.17, 15) is 0 Å². The average Bonchev–Trinajstić information content (AvgIpc) is 3.22. The first-order chi connectivity index (χ1) is 27.1. The Labute approximate surface area is 321 Å². The molecule has 0 aliphatic carbocycles. The highest BCUT2D eigenvalue weighted by Gasteiger charge is 2.22. The van der Waals surface area contributed by atoms with Gasteiger partial charge in [0.2, 0.25) is 0 Å². The first kappa shape index (κ1) is 35.9. The molecular weight excluding hydrogens is 685 g/mol. The fourth-order valence-electron chi connectivity index (χ4n) is 7.97. The van der Waals surface area contributed by atoms with Crippen molar-refractivity contribution in [3.05, 3.63) is 167 Å². The van der Waals surface area contributed by atoms with Gasteiger partial charge in [-0.05, 0) is 102 Å². The molecule has 0 atom stereocenters. The van der Waals surface area contributed by atoms with Crippen molar-refractivity contribution < 1.29 is 28.4 Å². The molecule has 0 saturated heterocycles. The largest absolute Gasteiger partial charge is 0.496 e. The second kappa shape index (κ2) is 16.1. The number of fused-ring (bicyclic) bond motifs is 4. The summed E-state index contributed by atoms with van der Waals surface area (Å²) in [6, 6.07) is 46.9. The van der Waals surface area contributed by atoms with E-state index in [2.05, 4.69) is 121 Å². The summed E-state index contributed by atoms with van der Waals surface area (Å²) in [5, 5.41) is 9.09. The monoisotopic (exact) mass is 728 g/mol. The Bertz CT molecular complexity index is 2460. The maximum absolute atomic E-state index is 6.41. The van der Waals surface area contributed by atoms with Crippen molar-refractivity contribution in [1.29, 1.82) is 0 Å². The smallest absolute Gasteiger partial charge is 0.188 e. The van der Waals surface area contributed by atoms with E-state index in [0.29, 0.717) is 19.3 Å². The summed E-state index contributed by atoms with van der Waals surface area (Å²) in [4.78, 5) is 0. The lowest BCUT2D eigenvalue weighted by molar-refractivity contribution is 0.0504. The minimum atomic E-state index is 0.161. The molecule has 6 heteroatoms. The zero-order valence-corrected chi connectivity index (χ0v) is 31.7. The quantitative estimate of drug-likeness (QED) is 0.104. The molecule has 276 valence electrons. The predicted molar refractivity (Wildman–Crippen MR) is 222 cm³/mol. The molecule has 0 spiro atoms. The maximum Gasteiger partial charge on any atom is 0.188 e. The molecule has 0 aliphatic heterocycles. The van der Waals surface area contributed by atoms with Crippen LogP contribution in [-0.2, 0) is 28.7 Å². The van der Waals surface area contributed by atoms with Gasteiger partial charge >= 0.3 is 0 Å². The van der Waals surface area contributed by atoms with E-state index in [1.165, 1.54) is 0 Å². The predicted octanol–water partition coefficient (Wildman–Crippen LogP) is 11.1. The highest BCUT2D eigenvalue weighted by atomic mass is 16.7. The number of methoxy groups -OCH3 is 4. The molecule has 0 amide bonds. The van der Waals surface area contributed by atoms with Gasteiger partial charge < -0.3 is 28.4 Å². The lowest BCUT2D eigenvalue weighted by Crippen LogP contribution is -2.06. The summed E-state index contributed by atoms with van der Waals surface area (Å²) in [5.74, 6) is 3.29. The van der Waals surface area contributed by atoms with Crippen LogP contribution >= 0.6 is 0 Å². The minimum absolute atomic E-state index is 0.161. The molecule has 8 rings (SSSR count). The van der Waals surface area contributed by atoms with Gasteiger partial charge in [-0.2, -0.15) is 0 Å². The molecular formula is C49H44O6. The Morgan fingerprint density at radius 2 is 0.709 bits per heavy atom. The van der Waals surface area contributed by atoms with Crippen LogP contribution in [0.15, 0.2) is 133 Å². The Morgan fingerprint density at radius 1 is 0.364 bits per heavy atom. The topological polar surface area (TPSA) is 55.4 Å². The Kier molecular flexibility index (Phi) is 10.5. The molecule has 0 heterocycles. The van der Waals surface area contributed by atoms with Crippen molar-refractivity contribution >= 4 is 43.1 Å². The van der Waals surface area contributed by atoms with Crippen LogP contribution in [0.2, 0.25) is 0 Å². The molecule has 8 aromatic carbocycles. The molecule has 0 unspecified atom stereocenters. The first-order valence-corrected chi connectivity index (χ1v) is 18.5. The van der Waals surface area contributed by atoms with E-state index in [-0.39, 0.29) is 13.6 Å². The lowest BCUT2D eigenvalue weighted by Gasteiger charge is -2.22. The second-order valence-corrected chi connectivity index (χ2v) is 13.8. The summed E-state index contributed by atoms with van der Waals surface area (Å²) in [5.41, 5.74) is 6.47. The third-order valence-electron chi connectivity index (χ3n) is 10.4. The third kappa shape index (κ3) is 7.27. The van der Waals surface area contributed by atoms with Crippen molar-refractivity contribution in [2.24, 2.45) is 0 Å². The summed E-state index contributed by atoms with van der Waals surface area (Å²) >= 11 is 0. The van der Waals surface area contributed by atoms with Gasteiger partial charge in [0, 0.05) is 44.6 Å². The third-order valence-corrected chi connectivity index (χ3v) is 10.4. The van der Waals surface area contributed by atoms with Crippen LogP contribution < -0.4 is 18.9 Å². The van der Waals surface area contributed by atoms with Gasteiger partial charge in [0.1, 0.15) is 23.0 Å². The molecule has 0 radical (unpaired) electrons. The number of hydrogen-bond donors (Lipinski definition) is 0. The van der Waals surface area contributed by atoms with Gasteiger partial charge in [-0.3, -0.25) is 0 Å². The van der Waals surface area contributed by atoms with E-state index in [0.717, 1.165) is 99.5 Å². The van der Waals surface area contributed by atoms with Crippen molar-refractivity contribution in [2.75, 3.05) is 42.0 Å². The number of ether oxygens (including phenoxy) is 6. The Balaban J connectivity index is 1.28. The van der Waals surface area contributed by atoms with Crippen molar-refractivity contribution in [2.45, 2.75) is 19.3 Å². The van der Waals surface area contributed by atoms with E-state index in [4.69, 9.17) is 28.4 Å². The molecule has 55 heavy (non-hydrogen) atoms. The summed E-state index contributed by atoms with van der Waals surface area (Å²) in [7, 11) is 6.82. The Morgan fingerprint density at radius 3 is 1.09 bits per heavy atom. The zero-order chi connectivity index (χ0) is 37.7. The highest BCUT2D eigenvalue weighted by molar-refractivity contribution is 5.94.